The van der Waals surface area contributed by atoms with Gasteiger partial charge < -0.3 is 10.2 Å². The third kappa shape index (κ3) is 3.40. The maximum absolute atomic E-state index is 12.7. The van der Waals surface area contributed by atoms with Gasteiger partial charge in [-0.3, -0.25) is 4.79 Å². The van der Waals surface area contributed by atoms with Crippen LogP contribution in [-0.2, 0) is 0 Å². The Kier molecular flexibility index (Phi) is 4.51. The molecule has 1 saturated heterocycles. The number of benzene rings is 1. The van der Waals surface area contributed by atoms with Crippen molar-refractivity contribution in [3.63, 3.8) is 0 Å². The van der Waals surface area contributed by atoms with E-state index in [2.05, 4.69) is 39.2 Å². The van der Waals surface area contributed by atoms with Gasteiger partial charge in [0.1, 0.15) is 5.69 Å². The Hall–Kier alpha value is -2.43. The number of aryl methyl sites for hydroxylation is 4. The lowest BCUT2D eigenvalue weighted by Crippen LogP contribution is -2.23. The van der Waals surface area contributed by atoms with Gasteiger partial charge >= 0.3 is 0 Å². The predicted octanol–water partition coefficient (Wildman–Crippen LogP) is 3.56. The van der Waals surface area contributed by atoms with Crippen LogP contribution in [0.15, 0.2) is 18.2 Å². The zero-order chi connectivity index (χ0) is 17.3. The SMILES string of the molecule is Cc1cc(C)c(NC(=O)c2cc(C)nc(N3CCCC3)n2)c(C)c1. The molecule has 1 fully saturated rings. The molecule has 5 nitrogen and oxygen atoms in total. The summed E-state index contributed by atoms with van der Waals surface area (Å²) in [5.74, 6) is 0.478. The van der Waals surface area contributed by atoms with Gasteiger partial charge in [0.25, 0.3) is 5.91 Å². The van der Waals surface area contributed by atoms with Crippen LogP contribution in [0.3, 0.4) is 0 Å². The van der Waals surface area contributed by atoms with Crippen LogP contribution < -0.4 is 10.2 Å². The summed E-state index contributed by atoms with van der Waals surface area (Å²) < 4.78 is 0. The second-order valence-electron chi connectivity index (χ2n) is 6.62. The number of rotatable bonds is 3. The van der Waals surface area contributed by atoms with Crippen LogP contribution in [0.1, 0.15) is 45.7 Å². The summed E-state index contributed by atoms with van der Waals surface area (Å²) in [6.07, 6.45) is 2.31. The molecule has 0 spiro atoms. The van der Waals surface area contributed by atoms with E-state index in [9.17, 15) is 4.79 Å². The van der Waals surface area contributed by atoms with E-state index in [0.717, 1.165) is 48.4 Å². The normalized spacial score (nSPS) is 14.1. The number of carbonyl (C=O) groups excluding carboxylic acids is 1. The van der Waals surface area contributed by atoms with Gasteiger partial charge in [0, 0.05) is 24.5 Å². The fourth-order valence-corrected chi connectivity index (χ4v) is 3.28. The number of aromatic nitrogens is 2. The van der Waals surface area contributed by atoms with Crippen LogP contribution in [0.25, 0.3) is 0 Å². The number of amides is 1. The molecule has 2 heterocycles. The first-order chi connectivity index (χ1) is 11.4. The molecule has 5 heteroatoms. The van der Waals surface area contributed by atoms with Gasteiger partial charge in [-0.2, -0.15) is 0 Å². The molecule has 0 atom stereocenters. The average Bonchev–Trinajstić information content (AvgIpc) is 3.04. The van der Waals surface area contributed by atoms with Crippen LogP contribution in [0, 0.1) is 27.7 Å². The summed E-state index contributed by atoms with van der Waals surface area (Å²) in [7, 11) is 0. The number of hydrogen-bond donors (Lipinski definition) is 1. The molecule has 0 radical (unpaired) electrons. The number of hydrogen-bond acceptors (Lipinski definition) is 4. The molecule has 1 amide bonds. The smallest absolute Gasteiger partial charge is 0.274 e. The first kappa shape index (κ1) is 16.4. The standard InChI is InChI=1S/C19H24N4O/c1-12-9-13(2)17(14(3)10-12)22-18(24)16-11-15(4)20-19(21-16)23-7-5-6-8-23/h9-11H,5-8H2,1-4H3,(H,22,24). The molecule has 0 aliphatic carbocycles. The van der Waals surface area contributed by atoms with Crippen molar-refractivity contribution in [2.45, 2.75) is 40.5 Å². The molecule has 0 bridgehead atoms. The van der Waals surface area contributed by atoms with Gasteiger partial charge in [0.15, 0.2) is 0 Å². The molecule has 1 N–H and O–H groups in total. The van der Waals surface area contributed by atoms with Crippen LogP contribution in [0.4, 0.5) is 11.6 Å². The fraction of sp³-hybridized carbons (Fsp3) is 0.421. The number of carbonyl (C=O) groups is 1. The minimum atomic E-state index is -0.184. The summed E-state index contributed by atoms with van der Waals surface area (Å²) in [5, 5.41) is 3.02. The average molecular weight is 324 g/mol. The van der Waals surface area contributed by atoms with Gasteiger partial charge in [0.05, 0.1) is 0 Å². The highest BCUT2D eigenvalue weighted by atomic mass is 16.1. The summed E-state index contributed by atoms with van der Waals surface area (Å²) in [5.41, 5.74) is 5.41. The van der Waals surface area contributed by atoms with Crippen molar-refractivity contribution in [1.82, 2.24) is 9.97 Å². The van der Waals surface area contributed by atoms with Crippen LogP contribution in [0.5, 0.6) is 0 Å². The van der Waals surface area contributed by atoms with Crippen molar-refractivity contribution in [1.29, 1.82) is 0 Å². The topological polar surface area (TPSA) is 58.1 Å². The maximum atomic E-state index is 12.7. The Morgan fingerprint density at radius 1 is 1.00 bits per heavy atom. The van der Waals surface area contributed by atoms with Crippen molar-refractivity contribution < 1.29 is 4.79 Å². The van der Waals surface area contributed by atoms with E-state index < -0.39 is 0 Å². The Bertz CT molecular complexity index is 756. The van der Waals surface area contributed by atoms with Crippen molar-refractivity contribution in [3.8, 4) is 0 Å². The van der Waals surface area contributed by atoms with E-state index >= 15 is 0 Å². The van der Waals surface area contributed by atoms with E-state index in [1.165, 1.54) is 5.56 Å². The fourth-order valence-electron chi connectivity index (χ4n) is 3.28. The Balaban J connectivity index is 1.88. The molecular weight excluding hydrogens is 300 g/mol. The highest BCUT2D eigenvalue weighted by Crippen LogP contribution is 2.23. The van der Waals surface area contributed by atoms with Crippen LogP contribution in [-0.4, -0.2) is 29.0 Å². The van der Waals surface area contributed by atoms with E-state index in [1.807, 2.05) is 20.8 Å². The lowest BCUT2D eigenvalue weighted by Gasteiger charge is -2.17. The molecule has 1 aromatic carbocycles. The summed E-state index contributed by atoms with van der Waals surface area (Å²) >= 11 is 0. The molecule has 3 rings (SSSR count). The largest absolute Gasteiger partial charge is 0.341 e. The van der Waals surface area contributed by atoms with Gasteiger partial charge in [-0.15, -0.1) is 0 Å². The molecule has 126 valence electrons. The van der Waals surface area contributed by atoms with Gasteiger partial charge in [-0.05, 0) is 57.7 Å². The van der Waals surface area contributed by atoms with E-state index in [4.69, 9.17) is 0 Å². The van der Waals surface area contributed by atoms with Gasteiger partial charge in [-0.25, -0.2) is 9.97 Å². The van der Waals surface area contributed by atoms with E-state index in [1.54, 1.807) is 6.07 Å². The summed E-state index contributed by atoms with van der Waals surface area (Å²) in [4.78, 5) is 23.8. The zero-order valence-electron chi connectivity index (χ0n) is 14.8. The lowest BCUT2D eigenvalue weighted by molar-refractivity contribution is 0.102. The summed E-state index contributed by atoms with van der Waals surface area (Å²) in [6.45, 7) is 9.90. The third-order valence-corrected chi connectivity index (χ3v) is 4.38. The number of nitrogens with one attached hydrogen (secondary N) is 1. The molecule has 24 heavy (non-hydrogen) atoms. The summed E-state index contributed by atoms with van der Waals surface area (Å²) in [6, 6.07) is 5.89. The Morgan fingerprint density at radius 2 is 1.62 bits per heavy atom. The van der Waals surface area contributed by atoms with E-state index in [0.29, 0.717) is 11.6 Å². The molecule has 1 aliphatic heterocycles. The predicted molar refractivity (Wildman–Crippen MR) is 96.8 cm³/mol. The molecular formula is C19H24N4O. The Morgan fingerprint density at radius 3 is 2.25 bits per heavy atom. The Labute approximate surface area is 143 Å². The quantitative estimate of drug-likeness (QED) is 0.938. The molecule has 2 aromatic rings. The second-order valence-corrected chi connectivity index (χ2v) is 6.62. The van der Waals surface area contributed by atoms with Crippen molar-refractivity contribution in [3.05, 3.63) is 46.3 Å². The first-order valence-corrected chi connectivity index (χ1v) is 8.44. The first-order valence-electron chi connectivity index (χ1n) is 8.44. The zero-order valence-corrected chi connectivity index (χ0v) is 14.8. The number of anilines is 2. The maximum Gasteiger partial charge on any atom is 0.274 e. The minimum absolute atomic E-state index is 0.184. The van der Waals surface area contributed by atoms with Gasteiger partial charge in [-0.1, -0.05) is 17.7 Å². The minimum Gasteiger partial charge on any atom is -0.341 e. The van der Waals surface area contributed by atoms with Crippen molar-refractivity contribution in [2.24, 2.45) is 0 Å². The molecule has 0 unspecified atom stereocenters. The van der Waals surface area contributed by atoms with Crippen LogP contribution in [0.2, 0.25) is 0 Å². The number of nitrogens with zero attached hydrogens (tertiary/aromatic N) is 3. The van der Waals surface area contributed by atoms with Crippen molar-refractivity contribution in [2.75, 3.05) is 23.3 Å². The van der Waals surface area contributed by atoms with E-state index in [-0.39, 0.29) is 5.91 Å². The monoisotopic (exact) mass is 324 g/mol. The molecule has 1 aliphatic rings. The highest BCUT2D eigenvalue weighted by Gasteiger charge is 2.19. The molecule has 1 aromatic heterocycles. The highest BCUT2D eigenvalue weighted by molar-refractivity contribution is 6.04. The third-order valence-electron chi connectivity index (χ3n) is 4.38. The van der Waals surface area contributed by atoms with Crippen molar-refractivity contribution >= 4 is 17.5 Å². The molecule has 0 saturated carbocycles. The van der Waals surface area contributed by atoms with Crippen LogP contribution >= 0.6 is 0 Å². The lowest BCUT2D eigenvalue weighted by atomic mass is 10.0. The van der Waals surface area contributed by atoms with Gasteiger partial charge in [0.2, 0.25) is 5.95 Å². The second kappa shape index (κ2) is 6.59.